The fourth-order valence-electron chi connectivity index (χ4n) is 0.980. The Balaban J connectivity index is 2.76. The number of allylic oxidation sites excluding steroid dienone is 8. The molecule has 0 bridgehead atoms. The molecule has 0 atom stereocenters. The van der Waals surface area contributed by atoms with E-state index in [-0.39, 0.29) is 0 Å². The van der Waals surface area contributed by atoms with Gasteiger partial charge in [-0.05, 0) is 45.9 Å². The standard InChI is InChI=1S/C11H13I/c1-10-6-3-2-4-8-11(12)9-5-7-10/h2-3,5-7,9H,4,8H2,1H3/b3-2-,7-5-,10-6-,11-9-. The largest absolute Gasteiger partial charge is 0.0842 e. The Kier molecular flexibility index (Phi) is 4.36. The van der Waals surface area contributed by atoms with Crippen LogP contribution in [0, 0.1) is 0 Å². The van der Waals surface area contributed by atoms with Crippen LogP contribution in [-0.4, -0.2) is 0 Å². The van der Waals surface area contributed by atoms with Crippen molar-refractivity contribution in [1.82, 2.24) is 0 Å². The summed E-state index contributed by atoms with van der Waals surface area (Å²) in [6.07, 6.45) is 15.2. The van der Waals surface area contributed by atoms with Gasteiger partial charge in [-0.15, -0.1) is 0 Å². The minimum Gasteiger partial charge on any atom is -0.0842 e. The topological polar surface area (TPSA) is 0 Å². The molecule has 1 rings (SSSR count). The van der Waals surface area contributed by atoms with Gasteiger partial charge in [-0.1, -0.05) is 42.0 Å². The van der Waals surface area contributed by atoms with Crippen molar-refractivity contribution in [1.29, 1.82) is 0 Å². The summed E-state index contributed by atoms with van der Waals surface area (Å²) in [5, 5.41) is 0. The van der Waals surface area contributed by atoms with Gasteiger partial charge >= 0.3 is 0 Å². The SMILES string of the molecule is CC1=C/C=C\CC/C(I)=C/C=C\1. The highest BCUT2D eigenvalue weighted by Crippen LogP contribution is 2.15. The first-order valence-electron chi connectivity index (χ1n) is 4.15. The van der Waals surface area contributed by atoms with Gasteiger partial charge < -0.3 is 0 Å². The van der Waals surface area contributed by atoms with Crippen LogP contribution >= 0.6 is 22.6 Å². The van der Waals surface area contributed by atoms with E-state index in [9.17, 15) is 0 Å². The predicted molar refractivity (Wildman–Crippen MR) is 63.4 cm³/mol. The average molecular weight is 272 g/mol. The van der Waals surface area contributed by atoms with Gasteiger partial charge in [0.1, 0.15) is 0 Å². The Morgan fingerprint density at radius 2 is 2.08 bits per heavy atom. The van der Waals surface area contributed by atoms with Gasteiger partial charge in [-0.2, -0.15) is 0 Å². The van der Waals surface area contributed by atoms with Gasteiger partial charge in [-0.3, -0.25) is 0 Å². The van der Waals surface area contributed by atoms with E-state index in [1.165, 1.54) is 9.15 Å². The highest BCUT2D eigenvalue weighted by atomic mass is 127. The van der Waals surface area contributed by atoms with Crippen LogP contribution in [0.15, 0.2) is 45.6 Å². The molecular formula is C11H13I. The Morgan fingerprint density at radius 1 is 1.25 bits per heavy atom. The maximum Gasteiger partial charge on any atom is -0.00910 e. The Morgan fingerprint density at radius 3 is 2.92 bits per heavy atom. The summed E-state index contributed by atoms with van der Waals surface area (Å²) in [6, 6.07) is 0. The molecule has 0 aromatic heterocycles. The van der Waals surface area contributed by atoms with Crippen molar-refractivity contribution in [2.24, 2.45) is 0 Å². The molecule has 0 spiro atoms. The van der Waals surface area contributed by atoms with Crippen molar-refractivity contribution >= 4 is 22.6 Å². The molecule has 0 amide bonds. The van der Waals surface area contributed by atoms with Gasteiger partial charge in [0, 0.05) is 0 Å². The van der Waals surface area contributed by atoms with Gasteiger partial charge in [-0.25, -0.2) is 0 Å². The van der Waals surface area contributed by atoms with E-state index in [0.717, 1.165) is 12.8 Å². The molecule has 1 aliphatic rings. The van der Waals surface area contributed by atoms with Crippen LogP contribution in [0.3, 0.4) is 0 Å². The zero-order valence-corrected chi connectivity index (χ0v) is 9.41. The van der Waals surface area contributed by atoms with E-state index in [1.54, 1.807) is 0 Å². The molecule has 12 heavy (non-hydrogen) atoms. The molecule has 0 heterocycles. The molecule has 1 heteroatoms. The number of halogens is 1. The van der Waals surface area contributed by atoms with Crippen LogP contribution in [0.4, 0.5) is 0 Å². The van der Waals surface area contributed by atoms with Crippen molar-refractivity contribution < 1.29 is 0 Å². The lowest BCUT2D eigenvalue weighted by molar-refractivity contribution is 1.04. The Bertz CT molecular complexity index is 254. The highest BCUT2D eigenvalue weighted by molar-refractivity contribution is 14.1. The van der Waals surface area contributed by atoms with Gasteiger partial charge in [0.15, 0.2) is 0 Å². The third-order valence-electron chi connectivity index (χ3n) is 1.68. The molecule has 0 aliphatic heterocycles. The second-order valence-electron chi connectivity index (χ2n) is 2.85. The van der Waals surface area contributed by atoms with E-state index in [4.69, 9.17) is 0 Å². The van der Waals surface area contributed by atoms with Crippen LogP contribution in [0.25, 0.3) is 0 Å². The Hall–Kier alpha value is -0.310. The first-order valence-corrected chi connectivity index (χ1v) is 5.23. The summed E-state index contributed by atoms with van der Waals surface area (Å²) in [5.41, 5.74) is 1.30. The number of hydrogen-bond acceptors (Lipinski definition) is 0. The molecule has 1 aliphatic carbocycles. The van der Waals surface area contributed by atoms with E-state index in [1.807, 2.05) is 0 Å². The lowest BCUT2D eigenvalue weighted by Crippen LogP contribution is -1.73. The summed E-state index contributed by atoms with van der Waals surface area (Å²) >= 11 is 2.39. The summed E-state index contributed by atoms with van der Waals surface area (Å²) < 4.78 is 1.42. The first kappa shape index (κ1) is 9.78. The van der Waals surface area contributed by atoms with E-state index in [0.29, 0.717) is 0 Å². The molecular weight excluding hydrogens is 259 g/mol. The predicted octanol–water partition coefficient (Wildman–Crippen LogP) is 4.16. The van der Waals surface area contributed by atoms with Crippen LogP contribution in [-0.2, 0) is 0 Å². The summed E-state index contributed by atoms with van der Waals surface area (Å²) in [7, 11) is 0. The summed E-state index contributed by atoms with van der Waals surface area (Å²) in [4.78, 5) is 0. The summed E-state index contributed by atoms with van der Waals surface area (Å²) in [5.74, 6) is 0. The quantitative estimate of drug-likeness (QED) is 0.581. The van der Waals surface area contributed by atoms with Crippen LogP contribution in [0.2, 0.25) is 0 Å². The number of rotatable bonds is 0. The molecule has 0 aromatic carbocycles. The van der Waals surface area contributed by atoms with E-state index < -0.39 is 0 Å². The minimum atomic E-state index is 1.15. The number of hydrogen-bond donors (Lipinski definition) is 0. The fraction of sp³-hybridized carbons (Fsp3) is 0.273. The second kappa shape index (κ2) is 5.36. The molecule has 0 saturated carbocycles. The molecule has 0 saturated heterocycles. The van der Waals surface area contributed by atoms with Crippen molar-refractivity contribution in [3.63, 3.8) is 0 Å². The van der Waals surface area contributed by atoms with Crippen molar-refractivity contribution in [2.45, 2.75) is 19.8 Å². The fourth-order valence-corrected chi connectivity index (χ4v) is 1.50. The molecule has 0 N–H and O–H groups in total. The van der Waals surface area contributed by atoms with Gasteiger partial charge in [0.2, 0.25) is 0 Å². The van der Waals surface area contributed by atoms with Crippen molar-refractivity contribution in [2.75, 3.05) is 0 Å². The lowest BCUT2D eigenvalue weighted by Gasteiger charge is -1.95. The average Bonchev–Trinajstić information content (AvgIpc) is 2.04. The molecule has 0 aromatic rings. The van der Waals surface area contributed by atoms with Gasteiger partial charge in [0.25, 0.3) is 0 Å². The normalized spacial score (nSPS) is 32.5. The van der Waals surface area contributed by atoms with E-state index in [2.05, 4.69) is 66.0 Å². The van der Waals surface area contributed by atoms with Crippen LogP contribution in [0.5, 0.6) is 0 Å². The molecule has 0 nitrogen and oxygen atoms in total. The maximum atomic E-state index is 2.39. The summed E-state index contributed by atoms with van der Waals surface area (Å²) in [6.45, 7) is 2.11. The smallest absolute Gasteiger partial charge is 0.00910 e. The zero-order valence-electron chi connectivity index (χ0n) is 7.26. The van der Waals surface area contributed by atoms with Crippen molar-refractivity contribution in [3.05, 3.63) is 45.6 Å². The monoisotopic (exact) mass is 272 g/mol. The molecule has 64 valence electrons. The third-order valence-corrected chi connectivity index (χ3v) is 2.58. The lowest BCUT2D eigenvalue weighted by atomic mass is 10.2. The second-order valence-corrected chi connectivity index (χ2v) is 4.24. The Labute approximate surface area is 87.9 Å². The third kappa shape index (κ3) is 3.90. The van der Waals surface area contributed by atoms with Gasteiger partial charge in [0.05, 0.1) is 0 Å². The molecule has 0 unspecified atom stereocenters. The minimum absolute atomic E-state index is 1.15. The maximum absolute atomic E-state index is 2.39. The molecule has 0 fully saturated rings. The zero-order chi connectivity index (χ0) is 8.81. The molecule has 0 radical (unpaired) electrons. The van der Waals surface area contributed by atoms with Crippen LogP contribution in [0.1, 0.15) is 19.8 Å². The van der Waals surface area contributed by atoms with Crippen LogP contribution < -0.4 is 0 Å². The first-order chi connectivity index (χ1) is 5.79. The van der Waals surface area contributed by atoms with Crippen molar-refractivity contribution in [3.8, 4) is 0 Å². The highest BCUT2D eigenvalue weighted by Gasteiger charge is 1.88. The van der Waals surface area contributed by atoms with E-state index >= 15 is 0 Å².